The van der Waals surface area contributed by atoms with Crippen LogP contribution in [0, 0.1) is 5.41 Å². The van der Waals surface area contributed by atoms with E-state index in [1.54, 1.807) is 0 Å². The summed E-state index contributed by atoms with van der Waals surface area (Å²) in [5.41, 5.74) is 5.54. The van der Waals surface area contributed by atoms with Crippen molar-refractivity contribution < 1.29 is 5.21 Å². The number of fused-ring (bicyclic) bond motifs is 1. The highest BCUT2D eigenvalue weighted by Crippen LogP contribution is 2.26. The largest absolute Gasteiger partial charge is 0.409 e. The fourth-order valence-corrected chi connectivity index (χ4v) is 3.70. The minimum atomic E-state index is -0.204. The van der Waals surface area contributed by atoms with Crippen LogP contribution in [0.25, 0.3) is 0 Å². The molecule has 0 spiro atoms. The van der Waals surface area contributed by atoms with E-state index >= 15 is 0 Å². The molecule has 2 unspecified atom stereocenters. The Labute approximate surface area is 129 Å². The third-order valence-corrected chi connectivity index (χ3v) is 5.36. The van der Waals surface area contributed by atoms with Crippen LogP contribution in [-0.4, -0.2) is 59.1 Å². The number of unbranched alkanes of at least 4 members (excludes halogenated alkanes) is 1. The quantitative estimate of drug-likeness (QED) is 0.259. The Bertz CT molecular complexity index is 369. The molecule has 3 N–H and O–H groups in total. The van der Waals surface area contributed by atoms with Gasteiger partial charge in [-0.15, -0.1) is 0 Å². The lowest BCUT2D eigenvalue weighted by Crippen LogP contribution is -2.55. The van der Waals surface area contributed by atoms with E-state index in [2.05, 4.69) is 21.9 Å². The lowest BCUT2D eigenvalue weighted by atomic mass is 9.86. The van der Waals surface area contributed by atoms with E-state index in [-0.39, 0.29) is 5.41 Å². The second kappa shape index (κ2) is 6.97. The van der Waals surface area contributed by atoms with Crippen LogP contribution in [-0.2, 0) is 0 Å². The average Bonchev–Trinajstić information content (AvgIpc) is 2.89. The monoisotopic (exact) mass is 296 g/mol. The van der Waals surface area contributed by atoms with Crippen molar-refractivity contribution in [3.63, 3.8) is 0 Å². The van der Waals surface area contributed by atoms with Crippen molar-refractivity contribution in [1.82, 2.24) is 9.80 Å². The molecule has 0 bridgehead atoms. The van der Waals surface area contributed by atoms with Gasteiger partial charge in [0.05, 0.1) is 0 Å². The van der Waals surface area contributed by atoms with E-state index in [0.717, 1.165) is 18.9 Å². The van der Waals surface area contributed by atoms with Gasteiger partial charge in [-0.05, 0) is 45.7 Å². The highest BCUT2D eigenvalue weighted by atomic mass is 16.4. The number of nitrogens with two attached hydrogens (primary N) is 1. The van der Waals surface area contributed by atoms with Gasteiger partial charge in [0.1, 0.15) is 5.84 Å². The van der Waals surface area contributed by atoms with Gasteiger partial charge in [0, 0.05) is 30.6 Å². The summed E-state index contributed by atoms with van der Waals surface area (Å²) in [6, 6.07) is 1.48. The van der Waals surface area contributed by atoms with E-state index < -0.39 is 0 Å². The third-order valence-electron chi connectivity index (χ3n) is 5.36. The van der Waals surface area contributed by atoms with Gasteiger partial charge < -0.3 is 10.9 Å². The molecule has 0 radical (unpaired) electrons. The lowest BCUT2D eigenvalue weighted by molar-refractivity contribution is 0.0580. The smallest absolute Gasteiger partial charge is 0.144 e. The summed E-state index contributed by atoms with van der Waals surface area (Å²) >= 11 is 0. The van der Waals surface area contributed by atoms with E-state index in [1.165, 1.54) is 45.4 Å². The Kier molecular flexibility index (Phi) is 5.49. The maximum Gasteiger partial charge on any atom is 0.144 e. The number of oxime groups is 1. The molecule has 0 aromatic heterocycles. The molecule has 2 fully saturated rings. The zero-order chi connectivity index (χ0) is 15.5. The number of hydrogen-bond donors (Lipinski definition) is 2. The van der Waals surface area contributed by atoms with Crippen molar-refractivity contribution in [3.8, 4) is 0 Å². The molecule has 0 aromatic rings. The molecular weight excluding hydrogens is 264 g/mol. The minimum Gasteiger partial charge on any atom is -0.409 e. The van der Waals surface area contributed by atoms with Gasteiger partial charge in [0.15, 0.2) is 0 Å². The maximum atomic E-state index is 8.80. The molecular formula is C16H32N4O. The van der Waals surface area contributed by atoms with E-state index in [4.69, 9.17) is 10.9 Å². The number of nitrogens with zero attached hydrogens (tertiary/aromatic N) is 3. The Morgan fingerprint density at radius 2 is 2.10 bits per heavy atom. The molecule has 2 heterocycles. The van der Waals surface area contributed by atoms with Crippen LogP contribution in [0.5, 0.6) is 0 Å². The second-order valence-corrected chi connectivity index (χ2v) is 7.46. The molecule has 122 valence electrons. The van der Waals surface area contributed by atoms with Gasteiger partial charge >= 0.3 is 0 Å². The van der Waals surface area contributed by atoms with Crippen molar-refractivity contribution in [2.75, 3.05) is 26.2 Å². The second-order valence-electron chi connectivity index (χ2n) is 7.46. The average molecular weight is 296 g/mol. The van der Waals surface area contributed by atoms with Crippen LogP contribution in [0.1, 0.15) is 52.9 Å². The van der Waals surface area contributed by atoms with Crippen molar-refractivity contribution in [2.45, 2.75) is 65.0 Å². The number of amidine groups is 1. The fraction of sp³-hybridized carbons (Fsp3) is 0.938. The SMILES string of the molecule is CC1CN2CCCC2CN1CCCCC(C)(C)C(N)=NO. The Morgan fingerprint density at radius 1 is 1.33 bits per heavy atom. The van der Waals surface area contributed by atoms with Crippen molar-refractivity contribution in [1.29, 1.82) is 0 Å². The first-order chi connectivity index (χ1) is 9.94. The molecule has 21 heavy (non-hydrogen) atoms. The van der Waals surface area contributed by atoms with Crippen molar-refractivity contribution in [3.05, 3.63) is 0 Å². The van der Waals surface area contributed by atoms with Gasteiger partial charge in [-0.25, -0.2) is 0 Å². The number of piperazine rings is 1. The zero-order valence-electron chi connectivity index (χ0n) is 13.9. The summed E-state index contributed by atoms with van der Waals surface area (Å²) in [6.07, 6.45) is 6.04. The molecule has 5 nitrogen and oxygen atoms in total. The topological polar surface area (TPSA) is 65.1 Å². The van der Waals surface area contributed by atoms with Crippen molar-refractivity contribution in [2.24, 2.45) is 16.3 Å². The molecule has 2 saturated heterocycles. The molecule has 2 atom stereocenters. The zero-order valence-corrected chi connectivity index (χ0v) is 13.9. The summed E-state index contributed by atoms with van der Waals surface area (Å²) in [7, 11) is 0. The van der Waals surface area contributed by atoms with Crippen molar-refractivity contribution >= 4 is 5.84 Å². The molecule has 2 aliphatic rings. The van der Waals surface area contributed by atoms with Gasteiger partial charge in [-0.1, -0.05) is 25.4 Å². The maximum absolute atomic E-state index is 8.80. The summed E-state index contributed by atoms with van der Waals surface area (Å²) in [5.74, 6) is 0.343. The minimum absolute atomic E-state index is 0.204. The highest BCUT2D eigenvalue weighted by Gasteiger charge is 2.34. The summed E-state index contributed by atoms with van der Waals surface area (Å²) in [4.78, 5) is 5.33. The molecule has 2 rings (SSSR count). The summed E-state index contributed by atoms with van der Waals surface area (Å²) in [5, 5.41) is 12.0. The predicted octanol–water partition coefficient (Wildman–Crippen LogP) is 2.10. The van der Waals surface area contributed by atoms with Crippen LogP contribution in [0.15, 0.2) is 5.16 Å². The van der Waals surface area contributed by atoms with Crippen LogP contribution in [0.4, 0.5) is 0 Å². The highest BCUT2D eigenvalue weighted by molar-refractivity contribution is 5.85. The standard InChI is InChI=1S/C16H32N4O/c1-13-11-20-10-6-7-14(20)12-19(13)9-5-4-8-16(2,3)15(17)18-21/h13-14,21H,4-12H2,1-3H3,(H2,17,18). The molecule has 0 amide bonds. The van der Waals surface area contributed by atoms with Gasteiger partial charge in [0.2, 0.25) is 0 Å². The van der Waals surface area contributed by atoms with Gasteiger partial charge in [-0.2, -0.15) is 0 Å². The van der Waals surface area contributed by atoms with Crippen LogP contribution < -0.4 is 5.73 Å². The fourth-order valence-electron chi connectivity index (χ4n) is 3.70. The van der Waals surface area contributed by atoms with Crippen LogP contribution >= 0.6 is 0 Å². The molecule has 0 aliphatic carbocycles. The first-order valence-corrected chi connectivity index (χ1v) is 8.40. The number of hydrogen-bond acceptors (Lipinski definition) is 4. The molecule has 0 aromatic carbocycles. The molecule has 5 heteroatoms. The Hall–Kier alpha value is -0.810. The van der Waals surface area contributed by atoms with Crippen LogP contribution in [0.2, 0.25) is 0 Å². The Morgan fingerprint density at radius 3 is 2.81 bits per heavy atom. The van der Waals surface area contributed by atoms with Gasteiger partial charge in [0.25, 0.3) is 0 Å². The van der Waals surface area contributed by atoms with Gasteiger partial charge in [-0.3, -0.25) is 9.80 Å². The van der Waals surface area contributed by atoms with Crippen LogP contribution in [0.3, 0.4) is 0 Å². The molecule has 0 saturated carbocycles. The first-order valence-electron chi connectivity index (χ1n) is 8.40. The summed E-state index contributed by atoms with van der Waals surface area (Å²) in [6.45, 7) is 11.4. The Balaban J connectivity index is 1.71. The van der Waals surface area contributed by atoms with E-state index in [9.17, 15) is 0 Å². The normalized spacial score (nSPS) is 28.8. The predicted molar refractivity (Wildman–Crippen MR) is 86.7 cm³/mol. The first kappa shape index (κ1) is 16.6. The summed E-state index contributed by atoms with van der Waals surface area (Å²) < 4.78 is 0. The van der Waals surface area contributed by atoms with E-state index in [0.29, 0.717) is 11.9 Å². The lowest BCUT2D eigenvalue weighted by Gasteiger charge is -2.42. The third kappa shape index (κ3) is 4.10. The van der Waals surface area contributed by atoms with E-state index in [1.807, 2.05) is 13.8 Å². The molecule has 2 aliphatic heterocycles. The number of rotatable bonds is 6.